The Morgan fingerprint density at radius 1 is 1.14 bits per heavy atom. The lowest BCUT2D eigenvalue weighted by Gasteiger charge is -2.12. The Hall–Kier alpha value is -1.92. The van der Waals surface area contributed by atoms with E-state index in [2.05, 4.69) is 15.6 Å². The highest BCUT2D eigenvalue weighted by atomic mass is 19.4. The Morgan fingerprint density at radius 3 is 2.32 bits per heavy atom. The first-order valence-corrected chi connectivity index (χ1v) is 7.09. The number of rotatable bonds is 7. The maximum Gasteiger partial charge on any atom is 0.390 e. The highest BCUT2D eigenvalue weighted by Crippen LogP contribution is 2.18. The van der Waals surface area contributed by atoms with Crippen LogP contribution >= 0.6 is 0 Å². The van der Waals surface area contributed by atoms with Crippen molar-refractivity contribution in [2.45, 2.75) is 25.4 Å². The molecule has 124 valence electrons. The van der Waals surface area contributed by atoms with E-state index in [0.717, 1.165) is 18.6 Å². The highest BCUT2D eigenvalue weighted by molar-refractivity contribution is 5.79. The largest absolute Gasteiger partial charge is 0.497 e. The van der Waals surface area contributed by atoms with Crippen LogP contribution in [-0.4, -0.2) is 39.4 Å². The summed E-state index contributed by atoms with van der Waals surface area (Å²) in [5.74, 6) is 1.20. The number of halogens is 3. The summed E-state index contributed by atoms with van der Waals surface area (Å²) in [6.45, 7) is 0.458. The number of methoxy groups -OCH3 is 1. The Labute approximate surface area is 128 Å². The summed E-state index contributed by atoms with van der Waals surface area (Å²) in [5, 5.41) is 5.64. The van der Waals surface area contributed by atoms with Crippen LogP contribution in [0.3, 0.4) is 0 Å². The van der Waals surface area contributed by atoms with Crippen molar-refractivity contribution in [3.63, 3.8) is 0 Å². The number of guanidine groups is 1. The number of benzene rings is 1. The number of nitrogens with one attached hydrogen (secondary N) is 2. The summed E-state index contributed by atoms with van der Waals surface area (Å²) >= 11 is 0. The van der Waals surface area contributed by atoms with Crippen molar-refractivity contribution in [3.8, 4) is 5.75 Å². The lowest BCUT2D eigenvalue weighted by atomic mass is 10.1. The van der Waals surface area contributed by atoms with E-state index in [1.54, 1.807) is 7.11 Å². The van der Waals surface area contributed by atoms with Crippen molar-refractivity contribution in [3.05, 3.63) is 29.8 Å². The predicted octanol–water partition coefficient (Wildman–Crippen LogP) is 2.75. The topological polar surface area (TPSA) is 45.7 Å². The van der Waals surface area contributed by atoms with E-state index in [1.165, 1.54) is 12.6 Å². The van der Waals surface area contributed by atoms with Crippen LogP contribution in [0.4, 0.5) is 13.2 Å². The van der Waals surface area contributed by atoms with Gasteiger partial charge in [0.05, 0.1) is 13.5 Å². The molecular weight excluding hydrogens is 295 g/mol. The standard InChI is InChI=1S/C15H22F3N3O/c1-19-14(21-11-9-15(16,17)18)20-10-3-4-12-5-7-13(22-2)8-6-12/h5-8H,3-4,9-11H2,1-2H3,(H2,19,20,21). The molecule has 1 aromatic rings. The van der Waals surface area contributed by atoms with Gasteiger partial charge in [0.1, 0.15) is 5.75 Å². The Balaban J connectivity index is 2.21. The third-order valence-electron chi connectivity index (χ3n) is 3.02. The number of hydrogen-bond acceptors (Lipinski definition) is 2. The zero-order valence-electron chi connectivity index (χ0n) is 12.8. The summed E-state index contributed by atoms with van der Waals surface area (Å²) < 4.78 is 41.2. The first-order valence-electron chi connectivity index (χ1n) is 7.09. The molecular formula is C15H22F3N3O. The van der Waals surface area contributed by atoms with Crippen LogP contribution in [0.5, 0.6) is 5.75 Å². The van der Waals surface area contributed by atoms with Crippen molar-refractivity contribution < 1.29 is 17.9 Å². The number of alkyl halides is 3. The van der Waals surface area contributed by atoms with Gasteiger partial charge in [-0.2, -0.15) is 13.2 Å². The van der Waals surface area contributed by atoms with Crippen LogP contribution in [0, 0.1) is 0 Å². The summed E-state index contributed by atoms with van der Waals surface area (Å²) in [5.41, 5.74) is 1.18. The third kappa shape index (κ3) is 7.75. The van der Waals surface area contributed by atoms with Crippen molar-refractivity contribution in [2.24, 2.45) is 4.99 Å². The van der Waals surface area contributed by atoms with Crippen LogP contribution < -0.4 is 15.4 Å². The molecule has 1 rings (SSSR count). The number of hydrogen-bond donors (Lipinski definition) is 2. The van der Waals surface area contributed by atoms with Gasteiger partial charge in [0.2, 0.25) is 0 Å². The third-order valence-corrected chi connectivity index (χ3v) is 3.02. The molecule has 0 bridgehead atoms. The molecule has 4 nitrogen and oxygen atoms in total. The van der Waals surface area contributed by atoms with Crippen LogP contribution in [0.15, 0.2) is 29.3 Å². The molecule has 0 spiro atoms. The van der Waals surface area contributed by atoms with Gasteiger partial charge < -0.3 is 15.4 Å². The van der Waals surface area contributed by atoms with E-state index in [4.69, 9.17) is 4.74 Å². The van der Waals surface area contributed by atoms with Crippen molar-refractivity contribution >= 4 is 5.96 Å². The van der Waals surface area contributed by atoms with Crippen molar-refractivity contribution in [2.75, 3.05) is 27.2 Å². The minimum absolute atomic E-state index is 0.179. The van der Waals surface area contributed by atoms with Gasteiger partial charge in [-0.15, -0.1) is 0 Å². The smallest absolute Gasteiger partial charge is 0.390 e. The molecule has 1 aromatic carbocycles. The van der Waals surface area contributed by atoms with Gasteiger partial charge in [0.25, 0.3) is 0 Å². The van der Waals surface area contributed by atoms with E-state index >= 15 is 0 Å². The lowest BCUT2D eigenvalue weighted by Crippen LogP contribution is -2.39. The first-order chi connectivity index (χ1) is 10.4. The quantitative estimate of drug-likeness (QED) is 0.462. The molecule has 0 saturated carbocycles. The van der Waals surface area contributed by atoms with Crippen LogP contribution in [-0.2, 0) is 6.42 Å². The minimum atomic E-state index is -4.15. The second-order valence-corrected chi connectivity index (χ2v) is 4.74. The van der Waals surface area contributed by atoms with Gasteiger partial charge in [-0.25, -0.2) is 0 Å². The van der Waals surface area contributed by atoms with Crippen LogP contribution in [0.1, 0.15) is 18.4 Å². The van der Waals surface area contributed by atoms with Gasteiger partial charge in [-0.05, 0) is 30.5 Å². The molecule has 0 aliphatic heterocycles. The van der Waals surface area contributed by atoms with Crippen LogP contribution in [0.2, 0.25) is 0 Å². The molecule has 0 fully saturated rings. The molecule has 0 atom stereocenters. The molecule has 0 amide bonds. The number of aliphatic imine (C=N–C) groups is 1. The molecule has 0 heterocycles. The average Bonchev–Trinajstić information content (AvgIpc) is 2.49. The summed E-state index contributed by atoms with van der Waals surface area (Å²) in [4.78, 5) is 3.89. The Kier molecular flexibility index (Phi) is 7.56. The zero-order valence-corrected chi connectivity index (χ0v) is 12.8. The average molecular weight is 317 g/mol. The normalized spacial score (nSPS) is 12.1. The van der Waals surface area contributed by atoms with Gasteiger partial charge >= 0.3 is 6.18 Å². The molecule has 0 unspecified atom stereocenters. The number of nitrogens with zero attached hydrogens (tertiary/aromatic N) is 1. The monoisotopic (exact) mass is 317 g/mol. The Bertz CT molecular complexity index is 458. The van der Waals surface area contributed by atoms with Crippen LogP contribution in [0.25, 0.3) is 0 Å². The van der Waals surface area contributed by atoms with Gasteiger partial charge in [-0.3, -0.25) is 4.99 Å². The summed E-state index contributed by atoms with van der Waals surface area (Å²) in [6.07, 6.45) is -3.30. The fourth-order valence-corrected chi connectivity index (χ4v) is 1.83. The fourth-order valence-electron chi connectivity index (χ4n) is 1.83. The second-order valence-electron chi connectivity index (χ2n) is 4.74. The molecule has 0 radical (unpaired) electrons. The molecule has 0 aliphatic carbocycles. The van der Waals surface area contributed by atoms with E-state index < -0.39 is 12.6 Å². The molecule has 0 saturated heterocycles. The summed E-state index contributed by atoms with van der Waals surface area (Å²) in [6, 6.07) is 7.80. The number of ether oxygens (including phenoxy) is 1. The van der Waals surface area contributed by atoms with E-state index in [9.17, 15) is 13.2 Å². The maximum atomic E-state index is 12.0. The zero-order chi connectivity index (χ0) is 16.4. The minimum Gasteiger partial charge on any atom is -0.497 e. The molecule has 0 aromatic heterocycles. The van der Waals surface area contributed by atoms with E-state index in [1.807, 2.05) is 24.3 Å². The predicted molar refractivity (Wildman–Crippen MR) is 81.4 cm³/mol. The molecule has 7 heteroatoms. The van der Waals surface area contributed by atoms with E-state index in [0.29, 0.717) is 12.5 Å². The van der Waals surface area contributed by atoms with Crippen molar-refractivity contribution in [1.29, 1.82) is 0 Å². The highest BCUT2D eigenvalue weighted by Gasteiger charge is 2.26. The molecule has 22 heavy (non-hydrogen) atoms. The van der Waals surface area contributed by atoms with Crippen molar-refractivity contribution in [1.82, 2.24) is 10.6 Å². The van der Waals surface area contributed by atoms with Gasteiger partial charge in [0, 0.05) is 20.1 Å². The molecule has 0 aliphatic rings. The Morgan fingerprint density at radius 2 is 1.77 bits per heavy atom. The first kappa shape index (κ1) is 18.1. The maximum absolute atomic E-state index is 12.0. The van der Waals surface area contributed by atoms with Gasteiger partial charge in [0.15, 0.2) is 5.96 Å². The lowest BCUT2D eigenvalue weighted by molar-refractivity contribution is -0.132. The molecule has 2 N–H and O–H groups in total. The second kappa shape index (κ2) is 9.17. The SMILES string of the molecule is CN=C(NCCCc1ccc(OC)cc1)NCCC(F)(F)F. The summed E-state index contributed by atoms with van der Waals surface area (Å²) in [7, 11) is 3.16. The van der Waals surface area contributed by atoms with E-state index in [-0.39, 0.29) is 6.54 Å². The van der Waals surface area contributed by atoms with Gasteiger partial charge in [-0.1, -0.05) is 12.1 Å². The fraction of sp³-hybridized carbons (Fsp3) is 0.533. The number of aryl methyl sites for hydroxylation is 1.